The van der Waals surface area contributed by atoms with Crippen LogP contribution in [0, 0.1) is 0 Å². The number of hydrogen-bond donors (Lipinski definition) is 0. The van der Waals surface area contributed by atoms with Crippen molar-refractivity contribution in [3.8, 4) is 0 Å². The van der Waals surface area contributed by atoms with E-state index < -0.39 is 0 Å². The van der Waals surface area contributed by atoms with Crippen LogP contribution in [0.4, 0.5) is 0 Å². The molecule has 2 nitrogen and oxygen atoms in total. The Hall–Kier alpha value is -0.800. The van der Waals surface area contributed by atoms with E-state index in [2.05, 4.69) is 9.97 Å². The number of aromatic nitrogens is 2. The minimum Gasteiger partial charge on any atom is -0.243 e. The first kappa shape index (κ1) is 12.2. The molecular formula is C12H4Cl4N2. The normalized spacial score (nSPS) is 11.3. The predicted molar refractivity (Wildman–Crippen MR) is 77.1 cm³/mol. The highest BCUT2D eigenvalue weighted by atomic mass is 35.5. The molecule has 0 atom stereocenters. The summed E-state index contributed by atoms with van der Waals surface area (Å²) in [4.78, 5) is 8.84. The largest absolute Gasteiger partial charge is 0.243 e. The molecule has 0 aliphatic heterocycles. The molecule has 6 heteroatoms. The third kappa shape index (κ3) is 1.72. The molecular weight excluding hydrogens is 314 g/mol. The zero-order valence-electron chi connectivity index (χ0n) is 8.72. The molecule has 3 aromatic rings. The molecule has 0 bridgehead atoms. The van der Waals surface area contributed by atoms with E-state index in [0.717, 1.165) is 11.0 Å². The maximum absolute atomic E-state index is 6.13. The minimum absolute atomic E-state index is 0.195. The zero-order valence-corrected chi connectivity index (χ0v) is 11.7. The number of hydrogen-bond acceptors (Lipinski definition) is 2. The molecule has 0 aliphatic carbocycles. The van der Waals surface area contributed by atoms with Crippen LogP contribution in [-0.4, -0.2) is 9.97 Å². The van der Waals surface area contributed by atoms with Crippen LogP contribution in [0.15, 0.2) is 24.3 Å². The van der Waals surface area contributed by atoms with Crippen LogP contribution in [0.5, 0.6) is 0 Å². The highest BCUT2D eigenvalue weighted by Crippen LogP contribution is 2.41. The standard InChI is InChI=1S/C12H4Cl4N2/c13-7-8(14)10(16)12-11(9(7)15)17-5-3-1-2-4-6(5)18-12/h1-4H. The summed E-state index contributed by atoms with van der Waals surface area (Å²) in [7, 11) is 0. The fourth-order valence-corrected chi connectivity index (χ4v) is 2.62. The Morgan fingerprint density at radius 2 is 1.00 bits per heavy atom. The third-order valence-corrected chi connectivity index (χ3v) is 4.35. The number of rotatable bonds is 0. The number of benzene rings is 2. The minimum atomic E-state index is 0.195. The average molecular weight is 318 g/mol. The molecule has 0 spiro atoms. The lowest BCUT2D eigenvalue weighted by Gasteiger charge is -2.08. The SMILES string of the molecule is Clc1c(Cl)c(Cl)c2nc3ccccc3nc2c1Cl. The Kier molecular flexibility index (Phi) is 2.99. The summed E-state index contributed by atoms with van der Waals surface area (Å²) < 4.78 is 0. The van der Waals surface area contributed by atoms with E-state index in [4.69, 9.17) is 46.4 Å². The van der Waals surface area contributed by atoms with Crippen molar-refractivity contribution in [1.29, 1.82) is 0 Å². The molecule has 2 aromatic carbocycles. The molecule has 0 radical (unpaired) electrons. The first-order valence-electron chi connectivity index (χ1n) is 4.98. The van der Waals surface area contributed by atoms with Gasteiger partial charge in [0.05, 0.1) is 31.1 Å². The van der Waals surface area contributed by atoms with Crippen LogP contribution >= 0.6 is 46.4 Å². The molecule has 90 valence electrons. The predicted octanol–water partition coefficient (Wildman–Crippen LogP) is 5.40. The van der Waals surface area contributed by atoms with Crippen molar-refractivity contribution in [2.75, 3.05) is 0 Å². The average Bonchev–Trinajstić information content (AvgIpc) is 2.41. The van der Waals surface area contributed by atoms with Gasteiger partial charge in [0.25, 0.3) is 0 Å². The van der Waals surface area contributed by atoms with Gasteiger partial charge in [-0.3, -0.25) is 0 Å². The molecule has 0 unspecified atom stereocenters. The quantitative estimate of drug-likeness (QED) is 0.315. The summed E-state index contributed by atoms with van der Waals surface area (Å²) in [6.45, 7) is 0. The lowest BCUT2D eigenvalue weighted by atomic mass is 10.2. The van der Waals surface area contributed by atoms with E-state index in [1.807, 2.05) is 24.3 Å². The van der Waals surface area contributed by atoms with E-state index in [1.165, 1.54) is 0 Å². The van der Waals surface area contributed by atoms with Gasteiger partial charge in [-0.25, -0.2) is 9.97 Å². The lowest BCUT2D eigenvalue weighted by molar-refractivity contribution is 1.39. The highest BCUT2D eigenvalue weighted by molar-refractivity contribution is 6.55. The van der Waals surface area contributed by atoms with Gasteiger partial charge in [0.2, 0.25) is 0 Å². The van der Waals surface area contributed by atoms with Crippen molar-refractivity contribution in [3.63, 3.8) is 0 Å². The summed E-state index contributed by atoms with van der Waals surface area (Å²) in [5, 5.41) is 0.916. The molecule has 0 saturated heterocycles. The van der Waals surface area contributed by atoms with Crippen LogP contribution in [0.3, 0.4) is 0 Å². The van der Waals surface area contributed by atoms with E-state index in [0.29, 0.717) is 11.0 Å². The summed E-state index contributed by atoms with van der Waals surface area (Å²) in [6, 6.07) is 7.43. The molecule has 1 heterocycles. The van der Waals surface area contributed by atoms with Crippen molar-refractivity contribution in [2.24, 2.45) is 0 Å². The molecule has 0 amide bonds. The maximum atomic E-state index is 6.13. The van der Waals surface area contributed by atoms with Gasteiger partial charge in [-0.05, 0) is 12.1 Å². The molecule has 0 fully saturated rings. The van der Waals surface area contributed by atoms with Crippen molar-refractivity contribution < 1.29 is 0 Å². The third-order valence-electron chi connectivity index (χ3n) is 2.56. The lowest BCUT2D eigenvalue weighted by Crippen LogP contribution is -1.90. The zero-order chi connectivity index (χ0) is 12.9. The molecule has 0 aliphatic rings. The van der Waals surface area contributed by atoms with Crippen LogP contribution in [0.1, 0.15) is 0 Å². The fourth-order valence-electron chi connectivity index (χ4n) is 1.71. The number of para-hydroxylation sites is 2. The Balaban J connectivity index is 2.58. The fraction of sp³-hybridized carbons (Fsp3) is 0. The molecule has 18 heavy (non-hydrogen) atoms. The molecule has 0 N–H and O–H groups in total. The van der Waals surface area contributed by atoms with Crippen LogP contribution < -0.4 is 0 Å². The monoisotopic (exact) mass is 316 g/mol. The molecule has 0 saturated carbocycles. The second-order valence-corrected chi connectivity index (χ2v) is 5.18. The van der Waals surface area contributed by atoms with Gasteiger partial charge in [-0.15, -0.1) is 0 Å². The number of halogens is 4. The van der Waals surface area contributed by atoms with Gasteiger partial charge in [0, 0.05) is 0 Å². The van der Waals surface area contributed by atoms with Crippen LogP contribution in [0.2, 0.25) is 20.1 Å². The van der Waals surface area contributed by atoms with E-state index >= 15 is 0 Å². The number of nitrogens with zero attached hydrogens (tertiary/aromatic N) is 2. The summed E-state index contributed by atoms with van der Waals surface area (Å²) in [5.41, 5.74) is 2.35. The Morgan fingerprint density at radius 1 is 0.611 bits per heavy atom. The van der Waals surface area contributed by atoms with Gasteiger partial charge >= 0.3 is 0 Å². The summed E-state index contributed by atoms with van der Waals surface area (Å²) in [6.07, 6.45) is 0. The molecule has 1 aromatic heterocycles. The van der Waals surface area contributed by atoms with Gasteiger partial charge in [0.15, 0.2) is 0 Å². The molecule has 3 rings (SSSR count). The van der Waals surface area contributed by atoms with E-state index in [-0.39, 0.29) is 20.1 Å². The smallest absolute Gasteiger partial charge is 0.111 e. The van der Waals surface area contributed by atoms with Crippen molar-refractivity contribution in [1.82, 2.24) is 9.97 Å². The Morgan fingerprint density at radius 3 is 1.39 bits per heavy atom. The Bertz CT molecular complexity index is 720. The van der Waals surface area contributed by atoms with Crippen molar-refractivity contribution >= 4 is 68.5 Å². The van der Waals surface area contributed by atoms with Gasteiger partial charge in [0.1, 0.15) is 11.0 Å². The van der Waals surface area contributed by atoms with Gasteiger partial charge in [-0.2, -0.15) is 0 Å². The Labute approximate surface area is 122 Å². The summed E-state index contributed by atoms with van der Waals surface area (Å²) in [5.74, 6) is 0. The second-order valence-electron chi connectivity index (χ2n) is 3.67. The number of fused-ring (bicyclic) bond motifs is 2. The van der Waals surface area contributed by atoms with Crippen LogP contribution in [-0.2, 0) is 0 Å². The van der Waals surface area contributed by atoms with Crippen molar-refractivity contribution in [3.05, 3.63) is 44.4 Å². The highest BCUT2D eigenvalue weighted by Gasteiger charge is 2.17. The second kappa shape index (κ2) is 4.39. The van der Waals surface area contributed by atoms with Crippen LogP contribution in [0.25, 0.3) is 22.1 Å². The van der Waals surface area contributed by atoms with E-state index in [1.54, 1.807) is 0 Å². The first-order valence-corrected chi connectivity index (χ1v) is 6.49. The maximum Gasteiger partial charge on any atom is 0.111 e. The summed E-state index contributed by atoms with van der Waals surface area (Å²) >= 11 is 24.2. The first-order chi connectivity index (χ1) is 8.59. The van der Waals surface area contributed by atoms with Gasteiger partial charge < -0.3 is 0 Å². The topological polar surface area (TPSA) is 25.8 Å². The van der Waals surface area contributed by atoms with Gasteiger partial charge in [-0.1, -0.05) is 58.5 Å². The van der Waals surface area contributed by atoms with Crippen molar-refractivity contribution in [2.45, 2.75) is 0 Å². The van der Waals surface area contributed by atoms with E-state index in [9.17, 15) is 0 Å².